The first-order chi connectivity index (χ1) is 8.11. The largest absolute Gasteiger partial charge is 0.378 e. The van der Waals surface area contributed by atoms with E-state index in [2.05, 4.69) is 10.2 Å². The molecule has 0 unspecified atom stereocenters. The van der Waals surface area contributed by atoms with Crippen molar-refractivity contribution in [3.8, 4) is 0 Å². The average Bonchev–Trinajstić information content (AvgIpc) is 2.71. The van der Waals surface area contributed by atoms with Gasteiger partial charge in [0.15, 0.2) is 5.11 Å². The van der Waals surface area contributed by atoms with Crippen molar-refractivity contribution in [1.29, 1.82) is 0 Å². The van der Waals surface area contributed by atoms with Gasteiger partial charge in [-0.2, -0.15) is 0 Å². The van der Waals surface area contributed by atoms with Crippen molar-refractivity contribution in [2.45, 2.75) is 0 Å². The second-order valence-electron chi connectivity index (χ2n) is 3.69. The molecule has 1 saturated heterocycles. The number of morpholine rings is 1. The Labute approximate surface area is 104 Å². The monoisotopic (exact) mass is 257 g/mol. The Bertz CT molecular complexity index is 412. The molecule has 1 aliphatic heterocycles. The highest BCUT2D eigenvalue weighted by Gasteiger charge is 2.22. The van der Waals surface area contributed by atoms with Crippen LogP contribution in [-0.4, -0.2) is 58.2 Å². The first-order valence-corrected chi connectivity index (χ1v) is 5.58. The predicted molar refractivity (Wildman–Crippen MR) is 67.4 cm³/mol. The molecule has 0 bridgehead atoms. The van der Waals surface area contributed by atoms with E-state index in [9.17, 15) is 0 Å². The molecular weight excluding hydrogens is 242 g/mol. The highest BCUT2D eigenvalue weighted by molar-refractivity contribution is 7.80. The lowest BCUT2D eigenvalue weighted by Gasteiger charge is -2.28. The lowest BCUT2D eigenvalue weighted by atomic mass is 10.4. The molecule has 4 N–H and O–H groups in total. The highest BCUT2D eigenvalue weighted by Crippen LogP contribution is 2.16. The fourth-order valence-corrected chi connectivity index (χ4v) is 1.77. The van der Waals surface area contributed by atoms with Gasteiger partial charge in [0.1, 0.15) is 0 Å². The van der Waals surface area contributed by atoms with Crippen LogP contribution in [0.3, 0.4) is 0 Å². The molecule has 9 heteroatoms. The quantitative estimate of drug-likeness (QED) is 0.361. The van der Waals surface area contributed by atoms with E-state index in [1.807, 2.05) is 4.90 Å². The van der Waals surface area contributed by atoms with E-state index < -0.39 is 0 Å². The van der Waals surface area contributed by atoms with Crippen molar-refractivity contribution >= 4 is 29.2 Å². The zero-order valence-electron chi connectivity index (χ0n) is 9.54. The predicted octanol–water partition coefficient (Wildman–Crippen LogP) is -1.36. The summed E-state index contributed by atoms with van der Waals surface area (Å²) in [5.41, 5.74) is 5.75. The zero-order valence-corrected chi connectivity index (χ0v) is 10.4. The third-order valence-corrected chi connectivity index (χ3v) is 2.93. The molecule has 0 saturated carbocycles. The Morgan fingerprint density at radius 2 is 2.06 bits per heavy atom. The second kappa shape index (κ2) is 4.82. The summed E-state index contributed by atoms with van der Waals surface area (Å²) in [6.45, 7) is 2.76. The number of nitrogen functional groups attached to an aromatic ring is 1. The summed E-state index contributed by atoms with van der Waals surface area (Å²) in [5.74, 6) is 6.45. The molecule has 17 heavy (non-hydrogen) atoms. The number of nitrogens with zero attached hydrogens (tertiary/aromatic N) is 5. The van der Waals surface area contributed by atoms with Crippen molar-refractivity contribution in [2.24, 2.45) is 5.84 Å². The van der Waals surface area contributed by atoms with Crippen LogP contribution in [0.15, 0.2) is 0 Å². The molecule has 2 rings (SSSR count). The molecule has 0 atom stereocenters. The van der Waals surface area contributed by atoms with Crippen LogP contribution < -0.4 is 16.5 Å². The number of nitrogens with two attached hydrogens (primary N) is 2. The molecule has 1 fully saturated rings. The van der Waals surface area contributed by atoms with Crippen LogP contribution in [-0.2, 0) is 4.74 Å². The number of hydrogen-bond donors (Lipinski definition) is 2. The highest BCUT2D eigenvalue weighted by atomic mass is 32.1. The number of thiocarbonyl (C=S) groups is 1. The second-order valence-corrected chi connectivity index (χ2v) is 4.05. The molecule has 8 nitrogen and oxygen atoms in total. The smallest absolute Gasteiger partial charge is 0.235 e. The normalized spacial score (nSPS) is 16.0. The Kier molecular flexibility index (Phi) is 3.41. The Balaban J connectivity index is 2.31. The van der Waals surface area contributed by atoms with Crippen molar-refractivity contribution < 1.29 is 4.74 Å². The van der Waals surface area contributed by atoms with Gasteiger partial charge in [-0.25, -0.2) is 10.4 Å². The molecular formula is C8H15N7OS. The van der Waals surface area contributed by atoms with Gasteiger partial charge in [0.2, 0.25) is 11.9 Å². The van der Waals surface area contributed by atoms with Crippen molar-refractivity contribution in [2.75, 3.05) is 44.0 Å². The Hall–Kier alpha value is -1.45. The molecule has 0 aliphatic carbocycles. The Morgan fingerprint density at radius 3 is 2.65 bits per heavy atom. The maximum absolute atomic E-state index is 5.75. The summed E-state index contributed by atoms with van der Waals surface area (Å²) in [4.78, 5) is 2.02. The first kappa shape index (κ1) is 12.0. The lowest BCUT2D eigenvalue weighted by molar-refractivity contribution is 0.122. The van der Waals surface area contributed by atoms with E-state index in [1.54, 1.807) is 11.6 Å². The fourth-order valence-electron chi connectivity index (χ4n) is 1.60. The van der Waals surface area contributed by atoms with Crippen LogP contribution in [0.5, 0.6) is 0 Å². The molecule has 0 amide bonds. The molecule has 0 spiro atoms. The molecule has 2 heterocycles. The summed E-state index contributed by atoms with van der Waals surface area (Å²) in [5, 5.41) is 9.53. The van der Waals surface area contributed by atoms with Crippen LogP contribution in [0.2, 0.25) is 0 Å². The lowest BCUT2D eigenvalue weighted by Crippen LogP contribution is -2.42. The number of aromatic nitrogens is 3. The van der Waals surface area contributed by atoms with Crippen LogP contribution in [0.4, 0.5) is 11.9 Å². The van der Waals surface area contributed by atoms with E-state index >= 15 is 0 Å². The van der Waals surface area contributed by atoms with E-state index in [4.69, 9.17) is 28.5 Å². The molecule has 94 valence electrons. The third kappa shape index (κ3) is 2.30. The maximum atomic E-state index is 5.75. The van der Waals surface area contributed by atoms with Gasteiger partial charge in [-0.15, -0.1) is 10.2 Å². The van der Waals surface area contributed by atoms with Gasteiger partial charge in [-0.1, -0.05) is 0 Å². The third-order valence-electron chi connectivity index (χ3n) is 2.46. The fraction of sp³-hybridized carbons (Fsp3) is 0.625. The number of rotatable bonds is 1. The van der Waals surface area contributed by atoms with Gasteiger partial charge in [-0.05, 0) is 12.2 Å². The molecule has 1 aromatic heterocycles. The summed E-state index contributed by atoms with van der Waals surface area (Å²) in [7, 11) is 1.64. The van der Waals surface area contributed by atoms with Crippen LogP contribution in [0, 0.1) is 0 Å². The minimum atomic E-state index is 0.230. The first-order valence-electron chi connectivity index (χ1n) is 5.17. The number of ether oxygens (including phenoxy) is 1. The van der Waals surface area contributed by atoms with Crippen molar-refractivity contribution in [3.63, 3.8) is 0 Å². The van der Waals surface area contributed by atoms with E-state index in [0.717, 1.165) is 13.1 Å². The Morgan fingerprint density at radius 1 is 1.41 bits per heavy atom. The van der Waals surface area contributed by atoms with Gasteiger partial charge in [0.05, 0.1) is 13.2 Å². The standard InChI is InChI=1S/C8H15N7OS/c1-13(10)8(17)15-6(9)11-12-7(15)14-2-4-16-5-3-14/h2-5,10H2,1H3,(H2,9,11). The summed E-state index contributed by atoms with van der Waals surface area (Å²) >= 11 is 5.19. The minimum Gasteiger partial charge on any atom is -0.378 e. The van der Waals surface area contributed by atoms with Gasteiger partial charge >= 0.3 is 0 Å². The van der Waals surface area contributed by atoms with Crippen LogP contribution >= 0.6 is 12.2 Å². The molecule has 0 radical (unpaired) electrons. The zero-order chi connectivity index (χ0) is 12.4. The summed E-state index contributed by atoms with van der Waals surface area (Å²) in [6.07, 6.45) is 0. The average molecular weight is 257 g/mol. The molecule has 0 aromatic carbocycles. The maximum Gasteiger partial charge on any atom is 0.235 e. The number of hydrogen-bond acceptors (Lipinski definition) is 7. The van der Waals surface area contributed by atoms with E-state index in [0.29, 0.717) is 24.3 Å². The van der Waals surface area contributed by atoms with Gasteiger partial charge in [-0.3, -0.25) is 5.01 Å². The summed E-state index contributed by atoms with van der Waals surface area (Å²) in [6, 6.07) is 0. The van der Waals surface area contributed by atoms with Crippen molar-refractivity contribution in [3.05, 3.63) is 0 Å². The summed E-state index contributed by atoms with van der Waals surface area (Å²) < 4.78 is 6.83. The SMILES string of the molecule is CN(N)C(=S)n1c(N)nnc1N1CCOCC1. The minimum absolute atomic E-state index is 0.230. The van der Waals surface area contributed by atoms with Gasteiger partial charge in [0.25, 0.3) is 0 Å². The number of hydrazine groups is 1. The number of anilines is 2. The van der Waals surface area contributed by atoms with Gasteiger partial charge in [0, 0.05) is 20.1 Å². The topological polar surface area (TPSA) is 98.5 Å². The molecule has 1 aliphatic rings. The van der Waals surface area contributed by atoms with Crippen LogP contribution in [0.1, 0.15) is 0 Å². The van der Waals surface area contributed by atoms with E-state index in [-0.39, 0.29) is 5.95 Å². The van der Waals surface area contributed by atoms with Gasteiger partial charge < -0.3 is 15.4 Å². The van der Waals surface area contributed by atoms with E-state index in [1.165, 1.54) is 5.01 Å². The molecule has 1 aromatic rings. The van der Waals surface area contributed by atoms with Crippen molar-refractivity contribution in [1.82, 2.24) is 19.8 Å². The van der Waals surface area contributed by atoms with Crippen LogP contribution in [0.25, 0.3) is 0 Å².